The smallest absolute Gasteiger partial charge is 0.278 e. The van der Waals surface area contributed by atoms with Gasteiger partial charge in [0.05, 0.1) is 5.52 Å². The van der Waals surface area contributed by atoms with E-state index in [0.717, 1.165) is 21.8 Å². The molecule has 1 N–H and O–H groups in total. The lowest BCUT2D eigenvalue weighted by Crippen LogP contribution is -2.33. The molecule has 1 aliphatic heterocycles. The van der Waals surface area contributed by atoms with Crippen LogP contribution in [-0.4, -0.2) is 31.8 Å². The van der Waals surface area contributed by atoms with E-state index in [1.807, 2.05) is 38.1 Å². The number of nitrogens with zero attached hydrogens (tertiary/aromatic N) is 3. The highest BCUT2D eigenvalue weighted by atomic mass is 32.2. The Hall–Kier alpha value is -2.28. The lowest BCUT2D eigenvalue weighted by atomic mass is 10.2. The van der Waals surface area contributed by atoms with Crippen LogP contribution in [0.2, 0.25) is 0 Å². The number of para-hydroxylation sites is 1. The Kier molecular flexibility index (Phi) is 3.60. The number of benzene rings is 1. The number of carbonyl (C=O) groups excluding carboxylic acids is 1. The lowest BCUT2D eigenvalue weighted by Gasteiger charge is -2.11. The highest BCUT2D eigenvalue weighted by molar-refractivity contribution is 7.99. The first-order valence-electron chi connectivity index (χ1n) is 8.00. The summed E-state index contributed by atoms with van der Waals surface area (Å²) in [6, 6.07) is 7.79. The van der Waals surface area contributed by atoms with Gasteiger partial charge < -0.3 is 9.88 Å². The Bertz CT molecular complexity index is 1020. The third-order valence-electron chi connectivity index (χ3n) is 4.13. The van der Waals surface area contributed by atoms with Gasteiger partial charge >= 0.3 is 0 Å². The van der Waals surface area contributed by atoms with Crippen molar-refractivity contribution in [2.75, 3.05) is 5.75 Å². The van der Waals surface area contributed by atoms with Crippen molar-refractivity contribution < 1.29 is 4.79 Å². The lowest BCUT2D eigenvalue weighted by molar-refractivity contribution is -0.122. The zero-order valence-electron chi connectivity index (χ0n) is 13.6. The molecule has 0 unspecified atom stereocenters. The van der Waals surface area contributed by atoms with Gasteiger partial charge in [-0.1, -0.05) is 30.0 Å². The molecule has 4 rings (SSSR count). The van der Waals surface area contributed by atoms with Gasteiger partial charge in [0.1, 0.15) is 17.6 Å². The van der Waals surface area contributed by atoms with E-state index in [0.29, 0.717) is 17.6 Å². The van der Waals surface area contributed by atoms with Crippen molar-refractivity contribution in [1.29, 1.82) is 0 Å². The van der Waals surface area contributed by atoms with Gasteiger partial charge in [0.15, 0.2) is 5.16 Å². The van der Waals surface area contributed by atoms with E-state index in [-0.39, 0.29) is 24.1 Å². The second-order valence-electron chi connectivity index (χ2n) is 6.22. The average Bonchev–Trinajstić information content (AvgIpc) is 3.11. The first-order chi connectivity index (χ1) is 11.6. The first-order valence-corrected chi connectivity index (χ1v) is 8.99. The summed E-state index contributed by atoms with van der Waals surface area (Å²) in [5, 5.41) is 4.57. The number of fused-ring (bicyclic) bond motifs is 4. The molecule has 0 fully saturated rings. The number of carbonyl (C=O) groups is 1. The van der Waals surface area contributed by atoms with Crippen LogP contribution < -0.4 is 10.9 Å². The summed E-state index contributed by atoms with van der Waals surface area (Å²) >= 11 is 1.60. The molecule has 0 aliphatic carbocycles. The first kappa shape index (κ1) is 15.3. The van der Waals surface area contributed by atoms with Gasteiger partial charge in [-0.05, 0) is 19.9 Å². The van der Waals surface area contributed by atoms with Crippen LogP contribution in [0.4, 0.5) is 0 Å². The molecule has 0 atom stereocenters. The molecule has 0 bridgehead atoms. The van der Waals surface area contributed by atoms with E-state index < -0.39 is 0 Å². The van der Waals surface area contributed by atoms with E-state index >= 15 is 0 Å². The molecule has 7 heteroatoms. The summed E-state index contributed by atoms with van der Waals surface area (Å²) in [6.45, 7) is 4.63. The zero-order valence-corrected chi connectivity index (χ0v) is 14.4. The van der Waals surface area contributed by atoms with Crippen LogP contribution in [0.3, 0.4) is 0 Å². The van der Waals surface area contributed by atoms with Gasteiger partial charge in [0, 0.05) is 23.7 Å². The molecule has 0 saturated carbocycles. The number of thioether (sulfide) groups is 1. The molecule has 6 nitrogen and oxygen atoms in total. The maximum Gasteiger partial charge on any atom is 0.278 e. The van der Waals surface area contributed by atoms with E-state index in [2.05, 4.69) is 5.32 Å². The molecule has 1 aliphatic rings. The Morgan fingerprint density at radius 1 is 1.38 bits per heavy atom. The fourth-order valence-electron chi connectivity index (χ4n) is 3.20. The monoisotopic (exact) mass is 342 g/mol. The molecular formula is C17H18N4O2S. The SMILES string of the molecule is CC(C)NC(=O)Cn1c2ccccc2c2nc3n(c(=O)c21)CCS3. The van der Waals surface area contributed by atoms with Crippen molar-refractivity contribution in [1.82, 2.24) is 19.4 Å². The van der Waals surface area contributed by atoms with Crippen LogP contribution in [0.1, 0.15) is 13.8 Å². The summed E-state index contributed by atoms with van der Waals surface area (Å²) in [7, 11) is 0. The summed E-state index contributed by atoms with van der Waals surface area (Å²) in [5.41, 5.74) is 2.01. The molecule has 0 saturated heterocycles. The predicted molar refractivity (Wildman–Crippen MR) is 95.5 cm³/mol. The number of rotatable bonds is 3. The van der Waals surface area contributed by atoms with Gasteiger partial charge in [-0.3, -0.25) is 14.2 Å². The van der Waals surface area contributed by atoms with Crippen molar-refractivity contribution in [2.24, 2.45) is 0 Å². The molecule has 3 aromatic rings. The summed E-state index contributed by atoms with van der Waals surface area (Å²) in [6.07, 6.45) is 0. The highest BCUT2D eigenvalue weighted by Gasteiger charge is 2.23. The van der Waals surface area contributed by atoms with Gasteiger partial charge in [-0.25, -0.2) is 4.98 Å². The highest BCUT2D eigenvalue weighted by Crippen LogP contribution is 2.29. The number of nitrogens with one attached hydrogen (secondary N) is 1. The number of hydrogen-bond donors (Lipinski definition) is 1. The van der Waals surface area contributed by atoms with Crippen LogP contribution in [0.25, 0.3) is 21.9 Å². The van der Waals surface area contributed by atoms with E-state index in [1.54, 1.807) is 20.9 Å². The minimum atomic E-state index is -0.105. The van der Waals surface area contributed by atoms with Crippen LogP contribution in [0.5, 0.6) is 0 Å². The van der Waals surface area contributed by atoms with E-state index in [9.17, 15) is 9.59 Å². The Morgan fingerprint density at radius 3 is 2.96 bits per heavy atom. The van der Waals surface area contributed by atoms with E-state index in [1.165, 1.54) is 0 Å². The second-order valence-corrected chi connectivity index (χ2v) is 7.28. The van der Waals surface area contributed by atoms with Gasteiger partial charge in [-0.2, -0.15) is 0 Å². The second kappa shape index (κ2) is 5.66. The Morgan fingerprint density at radius 2 is 2.17 bits per heavy atom. The minimum Gasteiger partial charge on any atom is -0.352 e. The number of hydrogen-bond acceptors (Lipinski definition) is 4. The number of aromatic nitrogens is 3. The molecule has 1 aromatic carbocycles. The van der Waals surface area contributed by atoms with Crippen LogP contribution >= 0.6 is 11.8 Å². The summed E-state index contributed by atoms with van der Waals surface area (Å²) < 4.78 is 3.51. The molecule has 1 amide bonds. The van der Waals surface area contributed by atoms with Crippen molar-refractivity contribution in [3.05, 3.63) is 34.6 Å². The quantitative estimate of drug-likeness (QED) is 0.739. The summed E-state index contributed by atoms with van der Waals surface area (Å²) in [5.74, 6) is 0.757. The Labute approximate surface area is 142 Å². The molecule has 124 valence electrons. The Balaban J connectivity index is 1.99. The average molecular weight is 342 g/mol. The normalized spacial score (nSPS) is 13.8. The van der Waals surface area contributed by atoms with Gasteiger partial charge in [-0.15, -0.1) is 0 Å². The standard InChI is InChI=1S/C17H18N4O2S/c1-10(2)18-13(22)9-21-12-6-4-3-5-11(12)14-15(21)16(23)20-7-8-24-17(20)19-14/h3-6,10H,7-9H2,1-2H3,(H,18,22). The van der Waals surface area contributed by atoms with Gasteiger partial charge in [0.25, 0.3) is 5.56 Å². The van der Waals surface area contributed by atoms with Crippen LogP contribution in [0.15, 0.2) is 34.2 Å². The zero-order chi connectivity index (χ0) is 16.8. The molecule has 0 spiro atoms. The predicted octanol–water partition coefficient (Wildman–Crippen LogP) is 1.98. The third kappa shape index (κ3) is 2.31. The molecule has 3 heterocycles. The van der Waals surface area contributed by atoms with Crippen molar-refractivity contribution in [3.63, 3.8) is 0 Å². The maximum absolute atomic E-state index is 13.0. The maximum atomic E-state index is 13.0. The summed E-state index contributed by atoms with van der Waals surface area (Å²) in [4.78, 5) is 30.0. The molecule has 0 radical (unpaired) electrons. The van der Waals surface area contributed by atoms with E-state index in [4.69, 9.17) is 4.98 Å². The molecule has 24 heavy (non-hydrogen) atoms. The van der Waals surface area contributed by atoms with Crippen molar-refractivity contribution in [3.8, 4) is 0 Å². The largest absolute Gasteiger partial charge is 0.352 e. The van der Waals surface area contributed by atoms with Crippen molar-refractivity contribution >= 4 is 39.6 Å². The van der Waals surface area contributed by atoms with Gasteiger partial charge in [0.2, 0.25) is 5.91 Å². The van der Waals surface area contributed by atoms with Crippen molar-refractivity contribution in [2.45, 2.75) is 38.1 Å². The fraction of sp³-hybridized carbons (Fsp3) is 0.353. The molecular weight excluding hydrogens is 324 g/mol. The van der Waals surface area contributed by atoms with Crippen LogP contribution in [0, 0.1) is 0 Å². The fourth-order valence-corrected chi connectivity index (χ4v) is 4.14. The third-order valence-corrected chi connectivity index (χ3v) is 5.08. The number of amides is 1. The molecule has 2 aromatic heterocycles. The van der Waals surface area contributed by atoms with Crippen LogP contribution in [-0.2, 0) is 17.9 Å². The topological polar surface area (TPSA) is 68.9 Å². The minimum absolute atomic E-state index is 0.0606.